The number of nitrogens with zero attached hydrogens (tertiary/aromatic N) is 3. The summed E-state index contributed by atoms with van der Waals surface area (Å²) in [6, 6.07) is 4.90. The first-order chi connectivity index (χ1) is 10.4. The van der Waals surface area contributed by atoms with E-state index in [2.05, 4.69) is 9.97 Å². The summed E-state index contributed by atoms with van der Waals surface area (Å²) < 4.78 is 26.8. The third-order valence-electron chi connectivity index (χ3n) is 3.89. The van der Waals surface area contributed by atoms with Gasteiger partial charge in [-0.2, -0.15) is 4.31 Å². The number of hydrogen-bond donors (Lipinski definition) is 1. The van der Waals surface area contributed by atoms with Crippen molar-refractivity contribution in [2.75, 3.05) is 26.2 Å². The van der Waals surface area contributed by atoms with E-state index in [0.29, 0.717) is 31.7 Å². The normalized spacial score (nSPS) is 17.1. The number of amides is 1. The van der Waals surface area contributed by atoms with E-state index in [1.165, 1.54) is 11.2 Å². The van der Waals surface area contributed by atoms with Gasteiger partial charge >= 0.3 is 0 Å². The number of carbonyl (C=O) groups excluding carboxylic acids is 1. The number of H-pyrrole nitrogens is 1. The number of aryl methyl sites for hydroxylation is 1. The molecule has 0 aliphatic carbocycles. The van der Waals surface area contributed by atoms with Gasteiger partial charge in [0.15, 0.2) is 0 Å². The largest absolute Gasteiger partial charge is 0.342 e. The van der Waals surface area contributed by atoms with Crippen molar-refractivity contribution < 1.29 is 13.2 Å². The van der Waals surface area contributed by atoms with E-state index in [4.69, 9.17) is 0 Å². The number of imidazole rings is 1. The summed E-state index contributed by atoms with van der Waals surface area (Å²) in [5.41, 5.74) is 1.46. The van der Waals surface area contributed by atoms with Crippen molar-refractivity contribution in [1.29, 1.82) is 0 Å². The molecule has 1 aromatic heterocycles. The van der Waals surface area contributed by atoms with Crippen LogP contribution in [0.15, 0.2) is 23.1 Å². The first-order valence-electron chi connectivity index (χ1n) is 7.10. The zero-order chi connectivity index (χ0) is 15.9. The van der Waals surface area contributed by atoms with Gasteiger partial charge < -0.3 is 9.88 Å². The molecule has 0 radical (unpaired) electrons. The second-order valence-corrected chi connectivity index (χ2v) is 7.35. The lowest BCUT2D eigenvalue weighted by Gasteiger charge is -2.33. The molecule has 1 aliphatic rings. The van der Waals surface area contributed by atoms with Crippen LogP contribution >= 0.6 is 0 Å². The highest BCUT2D eigenvalue weighted by molar-refractivity contribution is 7.89. The number of carbonyl (C=O) groups is 1. The number of piperazine rings is 1. The Balaban J connectivity index is 1.87. The summed E-state index contributed by atoms with van der Waals surface area (Å²) in [4.78, 5) is 20.5. The monoisotopic (exact) mass is 322 g/mol. The van der Waals surface area contributed by atoms with Crippen LogP contribution in [0.3, 0.4) is 0 Å². The molecule has 1 aromatic carbocycles. The molecule has 1 saturated heterocycles. The fraction of sp³-hybridized carbons (Fsp3) is 0.429. The number of rotatable bonds is 2. The molecular formula is C14H18N4O3S. The molecule has 0 saturated carbocycles. The highest BCUT2D eigenvalue weighted by atomic mass is 32.2. The van der Waals surface area contributed by atoms with Crippen LogP contribution in [0.1, 0.15) is 12.7 Å². The Morgan fingerprint density at radius 3 is 2.55 bits per heavy atom. The van der Waals surface area contributed by atoms with Crippen molar-refractivity contribution in [3.8, 4) is 0 Å². The van der Waals surface area contributed by atoms with Crippen molar-refractivity contribution in [2.45, 2.75) is 18.7 Å². The second kappa shape index (κ2) is 5.36. The van der Waals surface area contributed by atoms with Crippen LogP contribution < -0.4 is 0 Å². The van der Waals surface area contributed by atoms with Crippen LogP contribution in [0.25, 0.3) is 11.0 Å². The Morgan fingerprint density at radius 2 is 1.91 bits per heavy atom. The molecule has 7 nitrogen and oxygen atoms in total. The zero-order valence-electron chi connectivity index (χ0n) is 12.5. The van der Waals surface area contributed by atoms with Crippen LogP contribution in [-0.4, -0.2) is 59.7 Å². The number of sulfonamides is 1. The summed E-state index contributed by atoms with van der Waals surface area (Å²) >= 11 is 0. The van der Waals surface area contributed by atoms with E-state index in [-0.39, 0.29) is 10.8 Å². The van der Waals surface area contributed by atoms with Crippen LogP contribution in [0, 0.1) is 6.92 Å². The van der Waals surface area contributed by atoms with Crippen molar-refractivity contribution in [2.24, 2.45) is 0 Å². The van der Waals surface area contributed by atoms with Gasteiger partial charge in [0, 0.05) is 33.1 Å². The van der Waals surface area contributed by atoms with Gasteiger partial charge in [-0.25, -0.2) is 13.4 Å². The van der Waals surface area contributed by atoms with Gasteiger partial charge in [0.05, 0.1) is 15.9 Å². The summed E-state index contributed by atoms with van der Waals surface area (Å²) in [5.74, 6) is 0.728. The molecule has 1 fully saturated rings. The Bertz CT molecular complexity index is 820. The Labute approximate surface area is 129 Å². The van der Waals surface area contributed by atoms with Gasteiger partial charge in [-0.3, -0.25) is 4.79 Å². The fourth-order valence-electron chi connectivity index (χ4n) is 2.67. The average Bonchev–Trinajstić information content (AvgIpc) is 2.86. The molecule has 2 heterocycles. The minimum absolute atomic E-state index is 0.0218. The lowest BCUT2D eigenvalue weighted by atomic mass is 10.3. The van der Waals surface area contributed by atoms with Gasteiger partial charge in [-0.05, 0) is 25.1 Å². The van der Waals surface area contributed by atoms with Gasteiger partial charge in [-0.1, -0.05) is 0 Å². The molecule has 1 amide bonds. The van der Waals surface area contributed by atoms with E-state index in [0.717, 1.165) is 11.3 Å². The third-order valence-corrected chi connectivity index (χ3v) is 5.79. The van der Waals surface area contributed by atoms with Crippen molar-refractivity contribution in [1.82, 2.24) is 19.2 Å². The molecule has 0 unspecified atom stereocenters. The number of nitrogens with one attached hydrogen (secondary N) is 1. The van der Waals surface area contributed by atoms with Crippen LogP contribution in [0.2, 0.25) is 0 Å². The lowest BCUT2D eigenvalue weighted by Crippen LogP contribution is -2.49. The molecule has 0 atom stereocenters. The van der Waals surface area contributed by atoms with Crippen LogP contribution in [-0.2, 0) is 14.8 Å². The summed E-state index contributed by atoms with van der Waals surface area (Å²) in [6.45, 7) is 4.83. The molecule has 0 spiro atoms. The lowest BCUT2D eigenvalue weighted by molar-refractivity contribution is -0.129. The molecule has 118 valence electrons. The van der Waals surface area contributed by atoms with Crippen LogP contribution in [0.4, 0.5) is 0 Å². The van der Waals surface area contributed by atoms with Gasteiger partial charge in [0.2, 0.25) is 15.9 Å². The second-order valence-electron chi connectivity index (χ2n) is 5.41. The highest BCUT2D eigenvalue weighted by Crippen LogP contribution is 2.21. The maximum absolute atomic E-state index is 12.7. The quantitative estimate of drug-likeness (QED) is 0.883. The average molecular weight is 322 g/mol. The third kappa shape index (κ3) is 2.59. The number of fused-ring (bicyclic) bond motifs is 1. The van der Waals surface area contributed by atoms with E-state index in [9.17, 15) is 13.2 Å². The number of benzene rings is 1. The maximum Gasteiger partial charge on any atom is 0.243 e. The number of aromatic nitrogens is 2. The molecule has 22 heavy (non-hydrogen) atoms. The molecule has 1 N–H and O–H groups in total. The fourth-order valence-corrected chi connectivity index (χ4v) is 4.12. The first-order valence-corrected chi connectivity index (χ1v) is 8.54. The van der Waals surface area contributed by atoms with Gasteiger partial charge in [0.1, 0.15) is 5.82 Å². The van der Waals surface area contributed by atoms with Crippen molar-refractivity contribution in [3.05, 3.63) is 24.0 Å². The van der Waals surface area contributed by atoms with Crippen LogP contribution in [0.5, 0.6) is 0 Å². The molecule has 0 bridgehead atoms. The minimum atomic E-state index is -3.55. The predicted octanol–water partition coefficient (Wildman–Crippen LogP) is 0.724. The predicted molar refractivity (Wildman–Crippen MR) is 81.8 cm³/mol. The molecule has 8 heteroatoms. The first kappa shape index (κ1) is 15.0. The molecule has 3 rings (SSSR count). The van der Waals surface area contributed by atoms with Crippen molar-refractivity contribution in [3.63, 3.8) is 0 Å². The highest BCUT2D eigenvalue weighted by Gasteiger charge is 2.29. The van der Waals surface area contributed by atoms with E-state index < -0.39 is 10.0 Å². The smallest absolute Gasteiger partial charge is 0.243 e. The standard InChI is InChI=1S/C14H18N4O3S/c1-10-15-13-4-3-12(9-14(13)16-10)22(20,21)18-7-5-17(6-8-18)11(2)19/h3-4,9H,5-8H2,1-2H3,(H,15,16). The summed E-state index contributed by atoms with van der Waals surface area (Å²) in [5, 5.41) is 0. The SMILES string of the molecule is CC(=O)N1CCN(S(=O)(=O)c2ccc3nc(C)[nH]c3c2)CC1. The van der Waals surface area contributed by atoms with Gasteiger partial charge in [-0.15, -0.1) is 0 Å². The van der Waals surface area contributed by atoms with E-state index in [1.807, 2.05) is 6.92 Å². The minimum Gasteiger partial charge on any atom is -0.342 e. The number of aromatic amines is 1. The zero-order valence-corrected chi connectivity index (χ0v) is 13.4. The summed E-state index contributed by atoms with van der Waals surface area (Å²) in [7, 11) is -3.55. The molecular weight excluding hydrogens is 304 g/mol. The Kier molecular flexibility index (Phi) is 3.65. The van der Waals surface area contributed by atoms with Crippen molar-refractivity contribution >= 4 is 27.0 Å². The maximum atomic E-state index is 12.7. The van der Waals surface area contributed by atoms with E-state index in [1.54, 1.807) is 23.1 Å². The van der Waals surface area contributed by atoms with Gasteiger partial charge in [0.25, 0.3) is 0 Å². The summed E-state index contributed by atoms with van der Waals surface area (Å²) in [6.07, 6.45) is 0. The number of hydrogen-bond acceptors (Lipinski definition) is 4. The Morgan fingerprint density at radius 1 is 1.23 bits per heavy atom. The van der Waals surface area contributed by atoms with E-state index >= 15 is 0 Å². The topological polar surface area (TPSA) is 86.4 Å². The Hall–Kier alpha value is -1.93. The molecule has 1 aliphatic heterocycles. The molecule has 2 aromatic rings.